The Hall–Kier alpha value is -2.52. The number of alkyl halides is 3. The van der Waals surface area contributed by atoms with E-state index in [0.29, 0.717) is 18.6 Å². The number of nitrogens with one attached hydrogen (secondary N) is 2. The van der Waals surface area contributed by atoms with Crippen LogP contribution in [0.4, 0.5) is 24.5 Å². The summed E-state index contributed by atoms with van der Waals surface area (Å²) >= 11 is 0. The molecule has 10 heteroatoms. The summed E-state index contributed by atoms with van der Waals surface area (Å²) in [6.07, 6.45) is -3.40. The SMILES string of the molecule is COc1ccc([N+](=O)[O-])cc1NCC(=O)N[C@@H]1CCC[C@H](C(F)(F)F)C1. The zero-order chi connectivity index (χ0) is 19.3. The number of hydrogen-bond donors (Lipinski definition) is 2. The number of rotatable bonds is 6. The molecule has 26 heavy (non-hydrogen) atoms. The van der Waals surface area contributed by atoms with Gasteiger partial charge in [0.25, 0.3) is 5.69 Å². The lowest BCUT2D eigenvalue weighted by Gasteiger charge is -2.31. The topological polar surface area (TPSA) is 93.5 Å². The molecular weight excluding hydrogens is 355 g/mol. The largest absolute Gasteiger partial charge is 0.495 e. The maximum absolute atomic E-state index is 12.8. The zero-order valence-electron chi connectivity index (χ0n) is 14.1. The highest BCUT2D eigenvalue weighted by Crippen LogP contribution is 2.37. The molecule has 0 saturated heterocycles. The van der Waals surface area contributed by atoms with Gasteiger partial charge in [-0.1, -0.05) is 6.42 Å². The van der Waals surface area contributed by atoms with E-state index >= 15 is 0 Å². The minimum atomic E-state index is -4.25. The summed E-state index contributed by atoms with van der Waals surface area (Å²) in [6.45, 7) is -0.231. The second-order valence-corrected chi connectivity index (χ2v) is 6.16. The Labute approximate surface area is 148 Å². The first-order chi connectivity index (χ1) is 12.2. The van der Waals surface area contributed by atoms with Crippen molar-refractivity contribution in [3.8, 4) is 5.75 Å². The molecule has 0 aromatic heterocycles. The maximum atomic E-state index is 12.8. The molecule has 1 fully saturated rings. The number of nitro benzene ring substituents is 1. The number of carbonyl (C=O) groups is 1. The lowest BCUT2D eigenvalue weighted by Crippen LogP contribution is -2.43. The summed E-state index contributed by atoms with van der Waals surface area (Å²) in [4.78, 5) is 22.3. The van der Waals surface area contributed by atoms with Gasteiger partial charge in [-0.2, -0.15) is 13.2 Å². The normalized spacial score (nSPS) is 20.3. The summed E-state index contributed by atoms with van der Waals surface area (Å²) in [6, 6.07) is 3.36. The highest BCUT2D eigenvalue weighted by atomic mass is 19.4. The van der Waals surface area contributed by atoms with Gasteiger partial charge in [-0.15, -0.1) is 0 Å². The van der Waals surface area contributed by atoms with Crippen LogP contribution >= 0.6 is 0 Å². The van der Waals surface area contributed by atoms with E-state index in [1.807, 2.05) is 0 Å². The summed E-state index contributed by atoms with van der Waals surface area (Å²) in [5.41, 5.74) is 0.0858. The van der Waals surface area contributed by atoms with Crippen LogP contribution in [0, 0.1) is 16.0 Å². The number of halogens is 3. The first kappa shape index (κ1) is 19.8. The summed E-state index contributed by atoms with van der Waals surface area (Å²) in [7, 11) is 1.38. The summed E-state index contributed by atoms with van der Waals surface area (Å²) < 4.78 is 43.5. The molecule has 144 valence electrons. The van der Waals surface area contributed by atoms with Crippen LogP contribution in [0.25, 0.3) is 0 Å². The standard InChI is InChI=1S/C16H20F3N3O4/c1-26-14-6-5-12(22(24)25)8-13(14)20-9-15(23)21-11-4-2-3-10(7-11)16(17,18)19/h5-6,8,10-11,20H,2-4,7,9H2,1H3,(H,21,23)/t10-,11+/m0/s1. The third-order valence-corrected chi connectivity index (χ3v) is 4.34. The third kappa shape index (κ3) is 5.24. The number of nitro groups is 1. The van der Waals surface area contributed by atoms with E-state index in [2.05, 4.69) is 10.6 Å². The van der Waals surface area contributed by atoms with Gasteiger partial charge >= 0.3 is 6.18 Å². The molecule has 0 heterocycles. The Morgan fingerprint density at radius 3 is 2.73 bits per heavy atom. The van der Waals surface area contributed by atoms with Crippen LogP contribution in [0.2, 0.25) is 0 Å². The van der Waals surface area contributed by atoms with Crippen molar-refractivity contribution in [3.05, 3.63) is 28.3 Å². The lowest BCUT2D eigenvalue weighted by molar-refractivity contribution is -0.384. The smallest absolute Gasteiger partial charge is 0.391 e. The van der Waals surface area contributed by atoms with Crippen molar-refractivity contribution in [1.82, 2.24) is 5.32 Å². The van der Waals surface area contributed by atoms with Crippen LogP contribution in [0.15, 0.2) is 18.2 Å². The molecular formula is C16H20F3N3O4. The van der Waals surface area contributed by atoms with Gasteiger partial charge in [0.15, 0.2) is 0 Å². The average molecular weight is 375 g/mol. The number of nitrogens with zero attached hydrogens (tertiary/aromatic N) is 1. The molecule has 0 spiro atoms. The number of hydrogen-bond acceptors (Lipinski definition) is 5. The molecule has 1 aromatic rings. The van der Waals surface area contributed by atoms with E-state index in [0.717, 1.165) is 0 Å². The van der Waals surface area contributed by atoms with E-state index < -0.39 is 29.0 Å². The van der Waals surface area contributed by atoms with E-state index in [-0.39, 0.29) is 30.8 Å². The maximum Gasteiger partial charge on any atom is 0.391 e. The quantitative estimate of drug-likeness (QED) is 0.588. The minimum Gasteiger partial charge on any atom is -0.495 e. The number of anilines is 1. The number of benzene rings is 1. The molecule has 2 N–H and O–H groups in total. The molecule has 7 nitrogen and oxygen atoms in total. The Balaban J connectivity index is 1.92. The van der Waals surface area contributed by atoms with E-state index in [1.165, 1.54) is 25.3 Å². The van der Waals surface area contributed by atoms with E-state index in [1.54, 1.807) is 0 Å². The first-order valence-corrected chi connectivity index (χ1v) is 8.13. The van der Waals surface area contributed by atoms with Crippen LogP contribution in [0.3, 0.4) is 0 Å². The molecule has 0 radical (unpaired) electrons. The highest BCUT2D eigenvalue weighted by molar-refractivity contribution is 5.81. The van der Waals surface area contributed by atoms with Crippen molar-refractivity contribution in [1.29, 1.82) is 0 Å². The van der Waals surface area contributed by atoms with Crippen molar-refractivity contribution in [2.24, 2.45) is 5.92 Å². The van der Waals surface area contributed by atoms with Crippen molar-refractivity contribution < 1.29 is 27.6 Å². The van der Waals surface area contributed by atoms with Crippen molar-refractivity contribution >= 4 is 17.3 Å². The summed E-state index contributed by atoms with van der Waals surface area (Å²) in [5, 5.41) is 16.1. The Kier molecular flexibility index (Phi) is 6.27. The van der Waals surface area contributed by atoms with Gasteiger partial charge in [0.2, 0.25) is 5.91 Å². The van der Waals surface area contributed by atoms with Gasteiger partial charge in [0, 0.05) is 18.2 Å². The molecule has 0 unspecified atom stereocenters. The van der Waals surface area contributed by atoms with Gasteiger partial charge in [-0.25, -0.2) is 0 Å². The first-order valence-electron chi connectivity index (χ1n) is 8.13. The number of ether oxygens (including phenoxy) is 1. The fraction of sp³-hybridized carbons (Fsp3) is 0.562. The van der Waals surface area contributed by atoms with E-state index in [9.17, 15) is 28.1 Å². The second-order valence-electron chi connectivity index (χ2n) is 6.16. The van der Waals surface area contributed by atoms with Crippen molar-refractivity contribution in [3.63, 3.8) is 0 Å². The zero-order valence-corrected chi connectivity index (χ0v) is 14.1. The van der Waals surface area contributed by atoms with Crippen LogP contribution in [0.5, 0.6) is 5.75 Å². The fourth-order valence-electron chi connectivity index (χ4n) is 3.02. The molecule has 0 aliphatic heterocycles. The molecule has 1 aliphatic rings. The monoisotopic (exact) mass is 375 g/mol. The highest BCUT2D eigenvalue weighted by Gasteiger charge is 2.42. The van der Waals surface area contributed by atoms with Crippen LogP contribution in [-0.4, -0.2) is 36.7 Å². The average Bonchev–Trinajstić information content (AvgIpc) is 2.59. The van der Waals surface area contributed by atoms with Gasteiger partial charge in [-0.3, -0.25) is 14.9 Å². The summed E-state index contributed by atoms with van der Waals surface area (Å²) in [5.74, 6) is -1.56. The van der Waals surface area contributed by atoms with Crippen molar-refractivity contribution in [2.45, 2.75) is 37.9 Å². The molecule has 0 bridgehead atoms. The predicted molar refractivity (Wildman–Crippen MR) is 88.1 cm³/mol. The predicted octanol–water partition coefficient (Wildman–Crippen LogP) is 3.25. The van der Waals surface area contributed by atoms with Crippen molar-refractivity contribution in [2.75, 3.05) is 19.0 Å². The molecule has 2 rings (SSSR count). The second kappa shape index (κ2) is 8.24. The Morgan fingerprint density at radius 1 is 1.38 bits per heavy atom. The molecule has 2 atom stereocenters. The molecule has 1 saturated carbocycles. The number of methoxy groups -OCH3 is 1. The van der Waals surface area contributed by atoms with Gasteiger partial charge in [-0.05, 0) is 25.3 Å². The Bertz CT molecular complexity index is 667. The third-order valence-electron chi connectivity index (χ3n) is 4.34. The minimum absolute atomic E-state index is 0.0823. The number of carbonyl (C=O) groups excluding carboxylic acids is 1. The Morgan fingerprint density at radius 2 is 2.12 bits per heavy atom. The fourth-order valence-corrected chi connectivity index (χ4v) is 3.02. The van der Waals surface area contributed by atoms with Crippen LogP contribution in [-0.2, 0) is 4.79 Å². The van der Waals surface area contributed by atoms with Gasteiger partial charge in [0.05, 0.1) is 30.2 Å². The number of non-ortho nitro benzene ring substituents is 1. The van der Waals surface area contributed by atoms with E-state index in [4.69, 9.17) is 4.74 Å². The molecule has 1 aliphatic carbocycles. The molecule has 1 aromatic carbocycles. The van der Waals surface area contributed by atoms with Gasteiger partial charge < -0.3 is 15.4 Å². The molecule has 1 amide bonds. The van der Waals surface area contributed by atoms with Crippen LogP contribution in [0.1, 0.15) is 25.7 Å². The van der Waals surface area contributed by atoms with Gasteiger partial charge in [0.1, 0.15) is 5.75 Å². The van der Waals surface area contributed by atoms with Crippen LogP contribution < -0.4 is 15.4 Å². The number of amides is 1. The lowest BCUT2D eigenvalue weighted by atomic mass is 9.85.